The predicted octanol–water partition coefficient (Wildman–Crippen LogP) is 17.6. The number of rotatable bonds is 14. The SMILES string of the molecule is C.C.C[C@H](N)c1cc2cccc(Cl)c2c(=O)n1-c1ccccc1.C[C@H](Nc1nc(N)ncc1I)c1cc2cccc(Cl)c2c(=O)n1-c1ccccc1.C[S-].Cc1cnc(N)nc1N[C@@H](C)c1cc2cccc(Cl)c2c(=O)n1-c1ccccc1.Cc1cnc(N)nc1N[C@@H](C)c1cc2cccc(Cl)c2c(=O)n1-c1ccccc1.Nc1ncc(I)c(Cl)n1.O=S=O.[2H]CC.[Na+]. The van der Waals surface area contributed by atoms with Crippen molar-refractivity contribution in [2.24, 2.45) is 5.73 Å². The van der Waals surface area contributed by atoms with E-state index in [0.29, 0.717) is 71.1 Å². The van der Waals surface area contributed by atoms with Crippen molar-refractivity contribution in [1.29, 1.82) is 0 Å². The van der Waals surface area contributed by atoms with Gasteiger partial charge in [0.05, 0.1) is 66.9 Å². The molecule has 127 heavy (non-hydrogen) atoms. The van der Waals surface area contributed by atoms with Crippen LogP contribution in [0.15, 0.2) is 262 Å². The van der Waals surface area contributed by atoms with E-state index in [9.17, 15) is 19.2 Å². The third kappa shape index (κ3) is 26.4. The number of aryl methyl sites for hydroxylation is 2. The summed E-state index contributed by atoms with van der Waals surface area (Å²) in [4.78, 5) is 85.5. The molecule has 36 heteroatoms. The molecule has 654 valence electrons. The number of benzene rings is 8. The Morgan fingerprint density at radius 2 is 0.630 bits per heavy atom. The number of hydrogen-bond donors (Lipinski definition) is 8. The van der Waals surface area contributed by atoms with Gasteiger partial charge in [0.2, 0.25) is 23.8 Å². The fourth-order valence-electron chi connectivity index (χ4n) is 12.9. The van der Waals surface area contributed by atoms with Crippen LogP contribution in [-0.2, 0) is 24.2 Å². The molecular formula is C91H92Cl5I2N20NaO6S2. The van der Waals surface area contributed by atoms with Gasteiger partial charge in [-0.15, -0.1) is 0 Å². The molecule has 0 saturated carbocycles. The average Bonchev–Trinajstić information content (AvgIpc) is 0.784. The van der Waals surface area contributed by atoms with Crippen LogP contribution in [0.1, 0.15) is 116 Å². The molecule has 26 nitrogen and oxygen atoms in total. The molecule has 0 radical (unpaired) electrons. The Morgan fingerprint density at radius 3 is 0.898 bits per heavy atom. The van der Waals surface area contributed by atoms with Crippen LogP contribution in [-0.4, -0.2) is 72.8 Å². The van der Waals surface area contributed by atoms with Crippen LogP contribution < -0.4 is 96.4 Å². The second-order valence-electron chi connectivity index (χ2n) is 26.8. The minimum absolute atomic E-state index is 0. The molecule has 0 bridgehead atoms. The van der Waals surface area contributed by atoms with E-state index in [1.165, 1.54) is 0 Å². The van der Waals surface area contributed by atoms with Crippen molar-refractivity contribution in [1.82, 2.24) is 58.1 Å². The molecule has 8 heterocycles. The first-order valence-electron chi connectivity index (χ1n) is 38.3. The van der Waals surface area contributed by atoms with Gasteiger partial charge < -0.3 is 57.2 Å². The molecule has 0 unspecified atom stereocenters. The van der Waals surface area contributed by atoms with Crippen molar-refractivity contribution in [2.75, 3.05) is 45.1 Å². The zero-order chi connectivity index (χ0) is 90.9. The van der Waals surface area contributed by atoms with Crippen molar-refractivity contribution in [3.05, 3.63) is 351 Å². The Bertz CT molecular complexity index is 6300. The molecule has 0 fully saturated rings. The minimum Gasteiger partial charge on any atom is -0.796 e. The van der Waals surface area contributed by atoms with Crippen molar-refractivity contribution < 1.29 is 39.3 Å². The number of nitrogen functional groups attached to an aromatic ring is 4. The summed E-state index contributed by atoms with van der Waals surface area (Å²) < 4.78 is 31.1. The maximum absolute atomic E-state index is 13.5. The van der Waals surface area contributed by atoms with Gasteiger partial charge in [0.15, 0.2) is 0 Å². The number of para-hydroxylation sites is 4. The fourth-order valence-corrected chi connectivity index (χ4v) is 14.8. The minimum atomic E-state index is -0.750. The van der Waals surface area contributed by atoms with Gasteiger partial charge in [0, 0.05) is 88.9 Å². The third-order valence-electron chi connectivity index (χ3n) is 18.5. The van der Waals surface area contributed by atoms with Crippen LogP contribution in [0.2, 0.25) is 25.2 Å². The van der Waals surface area contributed by atoms with Crippen molar-refractivity contribution >= 4 is 212 Å². The molecule has 0 saturated heterocycles. The molecule has 0 aliphatic rings. The van der Waals surface area contributed by atoms with E-state index in [-0.39, 0.29) is 115 Å². The number of pyridine rings is 4. The maximum atomic E-state index is 13.5. The summed E-state index contributed by atoms with van der Waals surface area (Å²) in [5.74, 6) is 2.65. The number of halogens is 7. The largest absolute Gasteiger partial charge is 1.00 e. The number of fused-ring (bicyclic) bond motifs is 4. The molecule has 8 aromatic heterocycles. The van der Waals surface area contributed by atoms with Crippen molar-refractivity contribution in [3.63, 3.8) is 0 Å². The first kappa shape index (κ1) is 104. The molecule has 0 aliphatic carbocycles. The molecule has 0 spiro atoms. The zero-order valence-corrected chi connectivity index (χ0v) is 80.5. The van der Waals surface area contributed by atoms with E-state index in [0.717, 1.165) is 85.3 Å². The first-order chi connectivity index (χ1) is 60.0. The van der Waals surface area contributed by atoms with Crippen LogP contribution in [0.5, 0.6) is 0 Å². The molecule has 16 rings (SSSR count). The summed E-state index contributed by atoms with van der Waals surface area (Å²) in [7, 11) is 0. The number of nitrogens with one attached hydrogen (secondary N) is 3. The number of hydrogen-bond acceptors (Lipinski definition) is 23. The summed E-state index contributed by atoms with van der Waals surface area (Å²) in [5, 5.41) is 17.4. The molecule has 0 amide bonds. The van der Waals surface area contributed by atoms with Gasteiger partial charge >= 0.3 is 41.1 Å². The van der Waals surface area contributed by atoms with Crippen LogP contribution in [0, 0.1) is 21.0 Å². The van der Waals surface area contributed by atoms with E-state index in [4.69, 9.17) is 96.5 Å². The topological polar surface area (TPSA) is 391 Å². The second kappa shape index (κ2) is 50.3. The standard InChI is InChI=1S/2C22H20ClN5O.C21H17ClIN5O.C17H15ClN2O.C4H3ClIN3.C2H6.CH4S.2CH4.Na.O2S/c2*1-13-12-25-22(24)27-20(13)26-14(2)18-11-15-7-6-10-17(23)19(15)21(29)28(18)16-8-4-3-5-9-16;1-12(26-19-16(23)11-25-21(24)27-19)17-10-13-6-5-9-15(22)18(13)20(29)28(17)14-7-3-2-4-8-14;1-11(19)15-10-12-6-5-9-14(18)16(12)17(21)20(15)13-7-3-2-4-8-13;5-3-2(6)1-8-4(7)9-3;2*1-2;;;;1-3-2/h2*3-12,14H,1-2H3,(H3,24,25,26,27);2-12H,1H3,(H3,24,25,26,27);2-11H,19H2,1H3;1H,(H2,7,8,9);1-2H3;2H,1H3;2*1H4;;/q;;;;;;;;;+1;/p-1/t2*14-;12-;11-;;;;;;;/m0000......./s1/i;;;;;1D;;;;;. The van der Waals surface area contributed by atoms with Gasteiger partial charge in [0.1, 0.15) is 22.6 Å². The second-order valence-corrected chi connectivity index (χ2v) is 31.2. The van der Waals surface area contributed by atoms with Gasteiger partial charge in [-0.3, -0.25) is 37.4 Å². The van der Waals surface area contributed by atoms with E-state index >= 15 is 0 Å². The number of nitrogens with zero attached hydrogens (tertiary/aromatic N) is 12. The van der Waals surface area contributed by atoms with Gasteiger partial charge in [-0.2, -0.15) is 29.6 Å². The predicted molar refractivity (Wildman–Crippen MR) is 540 cm³/mol. The van der Waals surface area contributed by atoms with E-state index in [2.05, 4.69) is 91.0 Å². The molecule has 16 aromatic rings. The maximum Gasteiger partial charge on any atom is 1.00 e. The fraction of sp³-hybridized carbons (Fsp3) is 0.165. The summed E-state index contributed by atoms with van der Waals surface area (Å²) in [5.41, 5.74) is 35.8. The monoisotopic (exact) mass is 2080 g/mol. The quantitative estimate of drug-likeness (QED) is 0.0217. The van der Waals surface area contributed by atoms with Gasteiger partial charge in [0.25, 0.3) is 22.2 Å². The number of anilines is 7. The first-order valence-corrected chi connectivity index (χ1v) is 43.2. The molecule has 8 aromatic carbocycles. The summed E-state index contributed by atoms with van der Waals surface area (Å²) >= 11 is 38.4. The van der Waals surface area contributed by atoms with Crippen LogP contribution >= 0.6 is 103 Å². The Kier molecular flexibility index (Phi) is 41.1. The van der Waals surface area contributed by atoms with Crippen LogP contribution in [0.25, 0.3) is 65.8 Å². The van der Waals surface area contributed by atoms with Gasteiger partial charge in [-0.1, -0.05) is 208 Å². The van der Waals surface area contributed by atoms with Gasteiger partial charge in [-0.05, 0) is 205 Å². The average molecular weight is 2080 g/mol. The van der Waals surface area contributed by atoms with Gasteiger partial charge in [-0.25, -0.2) is 24.9 Å². The molecule has 0 aliphatic heterocycles. The molecule has 13 N–H and O–H groups in total. The molecule has 4 atom stereocenters. The number of nitrogens with two attached hydrogens (primary N) is 5. The summed E-state index contributed by atoms with van der Waals surface area (Å²) in [6.45, 7) is 13.9. The molecular weight excluding hydrogens is 1990 g/mol. The van der Waals surface area contributed by atoms with Crippen LogP contribution in [0.3, 0.4) is 0 Å². The zero-order valence-electron chi connectivity index (χ0n) is 69.8. The normalized spacial score (nSPS) is 11.3. The Labute approximate surface area is 819 Å². The van der Waals surface area contributed by atoms with Crippen molar-refractivity contribution in [2.45, 2.75) is 94.4 Å². The van der Waals surface area contributed by atoms with Crippen molar-refractivity contribution in [3.8, 4) is 22.7 Å². The third-order valence-corrected chi connectivity index (χ3v) is 21.9. The van der Waals surface area contributed by atoms with E-state index < -0.39 is 11.6 Å². The number of aromatic nitrogens is 12. The smallest absolute Gasteiger partial charge is 0.796 e. The Balaban J connectivity index is 0.000000247. The van der Waals surface area contributed by atoms with Crippen LogP contribution in [0.4, 0.5) is 41.2 Å². The van der Waals surface area contributed by atoms with E-state index in [1.54, 1.807) is 80.5 Å². The summed E-state index contributed by atoms with van der Waals surface area (Å²) in [6, 6.07) is 66.7. The van der Waals surface area contributed by atoms with E-state index in [1.807, 2.05) is 258 Å². The Morgan fingerprint density at radius 1 is 0.394 bits per heavy atom. The summed E-state index contributed by atoms with van der Waals surface area (Å²) in [6.07, 6.45) is 8.15. The Hall–Kier alpha value is -10.4.